The lowest BCUT2D eigenvalue weighted by molar-refractivity contribution is -0.143. The number of hydrogen-bond donors (Lipinski definition) is 2. The number of carbonyl (C=O) groups is 1. The Balaban J connectivity index is 3.22. The van der Waals surface area contributed by atoms with Gasteiger partial charge in [0.1, 0.15) is 11.4 Å². The summed E-state index contributed by atoms with van der Waals surface area (Å²) in [5.41, 5.74) is -1.38. The number of carboxylic acid groups (broad SMARTS) is 1. The highest BCUT2D eigenvalue weighted by atomic mass is 32.2. The van der Waals surface area contributed by atoms with E-state index in [2.05, 4.69) is 4.72 Å². The van der Waals surface area contributed by atoms with Crippen molar-refractivity contribution in [2.45, 2.75) is 37.6 Å². The van der Waals surface area contributed by atoms with E-state index in [-0.39, 0.29) is 16.9 Å². The molecular formula is C12H16FNO4S. The molecule has 0 radical (unpaired) electrons. The van der Waals surface area contributed by atoms with Crippen LogP contribution in [-0.2, 0) is 14.8 Å². The highest BCUT2D eigenvalue weighted by molar-refractivity contribution is 7.89. The van der Waals surface area contributed by atoms with E-state index in [0.29, 0.717) is 0 Å². The van der Waals surface area contributed by atoms with Gasteiger partial charge in [0.05, 0.1) is 4.90 Å². The first-order chi connectivity index (χ1) is 8.62. The van der Waals surface area contributed by atoms with Crippen molar-refractivity contribution in [1.82, 2.24) is 4.72 Å². The van der Waals surface area contributed by atoms with E-state index < -0.39 is 27.3 Å². The molecule has 0 fully saturated rings. The molecule has 0 aliphatic rings. The van der Waals surface area contributed by atoms with Gasteiger partial charge in [-0.3, -0.25) is 4.79 Å². The molecule has 0 saturated carbocycles. The summed E-state index contributed by atoms with van der Waals surface area (Å²) in [4.78, 5) is 11.0. The minimum absolute atomic E-state index is 0.0851. The molecule has 0 saturated heterocycles. The SMILES string of the molecule is CCC(C)(NS(=O)(=O)c1ccc(F)cc1C)C(=O)O. The van der Waals surface area contributed by atoms with Crippen LogP contribution >= 0.6 is 0 Å². The average molecular weight is 289 g/mol. The van der Waals surface area contributed by atoms with Crippen molar-refractivity contribution in [3.63, 3.8) is 0 Å². The molecule has 1 atom stereocenters. The van der Waals surface area contributed by atoms with E-state index in [4.69, 9.17) is 5.11 Å². The predicted octanol–water partition coefficient (Wildman–Crippen LogP) is 1.67. The molecule has 0 aliphatic heterocycles. The molecule has 1 aromatic rings. The molecule has 0 bridgehead atoms. The Morgan fingerprint density at radius 3 is 2.47 bits per heavy atom. The average Bonchev–Trinajstić information content (AvgIpc) is 2.27. The van der Waals surface area contributed by atoms with Crippen LogP contribution in [0.4, 0.5) is 4.39 Å². The van der Waals surface area contributed by atoms with Crippen LogP contribution in [0.2, 0.25) is 0 Å². The number of carboxylic acids is 1. The van der Waals surface area contributed by atoms with Crippen LogP contribution in [-0.4, -0.2) is 25.0 Å². The van der Waals surface area contributed by atoms with Crippen molar-refractivity contribution in [1.29, 1.82) is 0 Å². The summed E-state index contributed by atoms with van der Waals surface area (Å²) in [6.07, 6.45) is 0.0851. The van der Waals surface area contributed by atoms with Gasteiger partial charge in [-0.15, -0.1) is 0 Å². The standard InChI is InChI=1S/C12H16FNO4S/c1-4-12(3,11(15)16)14-19(17,18)10-6-5-9(13)7-8(10)2/h5-7,14H,4H2,1-3H3,(H,15,16). The summed E-state index contributed by atoms with van der Waals surface area (Å²) in [6, 6.07) is 3.22. The molecule has 0 spiro atoms. The van der Waals surface area contributed by atoms with Crippen LogP contribution in [0, 0.1) is 12.7 Å². The van der Waals surface area contributed by atoms with Gasteiger partial charge in [0.25, 0.3) is 0 Å². The molecule has 0 amide bonds. The van der Waals surface area contributed by atoms with Crippen LogP contribution in [0.15, 0.2) is 23.1 Å². The van der Waals surface area contributed by atoms with E-state index in [1.807, 2.05) is 0 Å². The van der Waals surface area contributed by atoms with Gasteiger partial charge in [-0.1, -0.05) is 6.92 Å². The van der Waals surface area contributed by atoms with Gasteiger partial charge in [0.15, 0.2) is 0 Å². The number of aliphatic carboxylic acids is 1. The van der Waals surface area contributed by atoms with E-state index in [1.165, 1.54) is 13.8 Å². The van der Waals surface area contributed by atoms with Gasteiger partial charge in [-0.2, -0.15) is 4.72 Å². The lowest BCUT2D eigenvalue weighted by Gasteiger charge is -2.24. The number of aryl methyl sites for hydroxylation is 1. The van der Waals surface area contributed by atoms with Gasteiger partial charge < -0.3 is 5.11 Å². The Kier molecular flexibility index (Phi) is 4.32. The van der Waals surface area contributed by atoms with E-state index in [1.54, 1.807) is 6.92 Å². The summed E-state index contributed by atoms with van der Waals surface area (Å²) in [5.74, 6) is -1.81. The number of rotatable bonds is 5. The highest BCUT2D eigenvalue weighted by Crippen LogP contribution is 2.20. The van der Waals surface area contributed by atoms with Gasteiger partial charge >= 0.3 is 5.97 Å². The van der Waals surface area contributed by atoms with Crippen LogP contribution in [0.1, 0.15) is 25.8 Å². The predicted molar refractivity (Wildman–Crippen MR) is 67.8 cm³/mol. The molecule has 106 valence electrons. The van der Waals surface area contributed by atoms with Crippen molar-refractivity contribution in [2.24, 2.45) is 0 Å². The fourth-order valence-electron chi connectivity index (χ4n) is 1.53. The Bertz CT molecular complexity index is 600. The highest BCUT2D eigenvalue weighted by Gasteiger charge is 2.36. The van der Waals surface area contributed by atoms with Gasteiger partial charge in [0.2, 0.25) is 10.0 Å². The van der Waals surface area contributed by atoms with Crippen molar-refractivity contribution in [3.05, 3.63) is 29.6 Å². The fourth-order valence-corrected chi connectivity index (χ4v) is 3.20. The molecule has 1 aromatic carbocycles. The Morgan fingerprint density at radius 1 is 1.47 bits per heavy atom. The molecule has 1 rings (SSSR count). The second-order valence-corrected chi connectivity index (χ2v) is 6.16. The monoisotopic (exact) mass is 289 g/mol. The molecule has 7 heteroatoms. The van der Waals surface area contributed by atoms with E-state index in [9.17, 15) is 17.6 Å². The maximum absolute atomic E-state index is 13.0. The third-order valence-corrected chi connectivity index (χ3v) is 4.72. The minimum Gasteiger partial charge on any atom is -0.480 e. The third kappa shape index (κ3) is 3.30. The Hall–Kier alpha value is -1.47. The van der Waals surface area contributed by atoms with Crippen LogP contribution in [0.5, 0.6) is 0 Å². The number of hydrogen-bond acceptors (Lipinski definition) is 3. The number of halogens is 1. The lowest BCUT2D eigenvalue weighted by Crippen LogP contribution is -2.51. The minimum atomic E-state index is -4.02. The first kappa shape index (κ1) is 15.6. The smallest absolute Gasteiger partial charge is 0.324 e. The molecule has 19 heavy (non-hydrogen) atoms. The largest absolute Gasteiger partial charge is 0.480 e. The zero-order valence-corrected chi connectivity index (χ0v) is 11.7. The second kappa shape index (κ2) is 5.26. The summed E-state index contributed by atoms with van der Waals surface area (Å²) < 4.78 is 39.4. The Morgan fingerprint density at radius 2 is 2.05 bits per heavy atom. The Labute approximate surface area is 111 Å². The maximum Gasteiger partial charge on any atom is 0.324 e. The molecule has 0 aromatic heterocycles. The van der Waals surface area contributed by atoms with Crippen molar-refractivity contribution >= 4 is 16.0 Å². The molecule has 0 aliphatic carbocycles. The summed E-state index contributed by atoms with van der Waals surface area (Å²) in [7, 11) is -4.02. The van der Waals surface area contributed by atoms with Crippen molar-refractivity contribution in [3.8, 4) is 0 Å². The number of nitrogens with one attached hydrogen (secondary N) is 1. The zero-order valence-electron chi connectivity index (χ0n) is 10.9. The van der Waals surface area contributed by atoms with Crippen LogP contribution < -0.4 is 4.72 Å². The quantitative estimate of drug-likeness (QED) is 0.863. The zero-order chi connectivity index (χ0) is 14.8. The normalized spacial score (nSPS) is 14.9. The van der Waals surface area contributed by atoms with Crippen molar-refractivity contribution in [2.75, 3.05) is 0 Å². The molecule has 5 nitrogen and oxygen atoms in total. The lowest BCUT2D eigenvalue weighted by atomic mass is 10.0. The molecular weight excluding hydrogens is 273 g/mol. The summed E-state index contributed by atoms with van der Waals surface area (Å²) in [5, 5.41) is 9.07. The number of sulfonamides is 1. The molecule has 0 heterocycles. The van der Waals surface area contributed by atoms with Crippen molar-refractivity contribution < 1.29 is 22.7 Å². The van der Waals surface area contributed by atoms with Gasteiger partial charge in [-0.05, 0) is 44.0 Å². The first-order valence-corrected chi connectivity index (χ1v) is 7.14. The van der Waals surface area contributed by atoms with Crippen LogP contribution in [0.25, 0.3) is 0 Å². The van der Waals surface area contributed by atoms with Crippen LogP contribution in [0.3, 0.4) is 0 Å². The van der Waals surface area contributed by atoms with Gasteiger partial charge in [0, 0.05) is 0 Å². The first-order valence-electron chi connectivity index (χ1n) is 5.66. The maximum atomic E-state index is 13.0. The van der Waals surface area contributed by atoms with E-state index in [0.717, 1.165) is 18.2 Å². The number of benzene rings is 1. The topological polar surface area (TPSA) is 83.5 Å². The third-order valence-electron chi connectivity index (χ3n) is 2.97. The fraction of sp³-hybridized carbons (Fsp3) is 0.417. The second-order valence-electron chi connectivity index (χ2n) is 4.51. The summed E-state index contributed by atoms with van der Waals surface area (Å²) >= 11 is 0. The van der Waals surface area contributed by atoms with Gasteiger partial charge in [-0.25, -0.2) is 12.8 Å². The summed E-state index contributed by atoms with van der Waals surface area (Å²) in [6.45, 7) is 4.29. The molecule has 2 N–H and O–H groups in total. The van der Waals surface area contributed by atoms with E-state index >= 15 is 0 Å². The molecule has 1 unspecified atom stereocenters.